The standard InChI is InChI=1S/C8H13N3/c9-6-11-8(10)7-4-2-1-3-5-7/h7H,1-5H2,(H2,10,11). The molecule has 0 spiro atoms. The lowest BCUT2D eigenvalue weighted by Gasteiger charge is -2.19. The van der Waals surface area contributed by atoms with Crippen molar-refractivity contribution in [3.63, 3.8) is 0 Å². The third-order valence-electron chi connectivity index (χ3n) is 2.20. The lowest BCUT2D eigenvalue weighted by atomic mass is 9.88. The van der Waals surface area contributed by atoms with Crippen molar-refractivity contribution in [1.82, 2.24) is 0 Å². The normalized spacial score (nSPS) is 21.2. The number of aliphatic imine (C=N–C) groups is 1. The Bertz CT molecular complexity index is 184. The van der Waals surface area contributed by atoms with Gasteiger partial charge in [0.15, 0.2) is 0 Å². The summed E-state index contributed by atoms with van der Waals surface area (Å²) < 4.78 is 0. The summed E-state index contributed by atoms with van der Waals surface area (Å²) in [7, 11) is 0. The van der Waals surface area contributed by atoms with Gasteiger partial charge < -0.3 is 5.73 Å². The van der Waals surface area contributed by atoms with E-state index in [-0.39, 0.29) is 0 Å². The van der Waals surface area contributed by atoms with Crippen LogP contribution in [-0.2, 0) is 0 Å². The molecule has 0 unspecified atom stereocenters. The number of nitrogens with two attached hydrogens (primary N) is 1. The number of amidine groups is 1. The van der Waals surface area contributed by atoms with Gasteiger partial charge in [0.1, 0.15) is 5.84 Å². The average molecular weight is 151 g/mol. The Morgan fingerprint density at radius 2 is 2.00 bits per heavy atom. The molecule has 1 rings (SSSR count). The molecule has 1 saturated carbocycles. The maximum Gasteiger partial charge on any atom is 0.207 e. The zero-order valence-corrected chi connectivity index (χ0v) is 6.58. The van der Waals surface area contributed by atoms with Crippen LogP contribution < -0.4 is 5.73 Å². The summed E-state index contributed by atoms with van der Waals surface area (Å²) in [6.07, 6.45) is 7.70. The van der Waals surface area contributed by atoms with E-state index in [0.29, 0.717) is 11.8 Å². The molecule has 0 aromatic rings. The molecule has 0 heterocycles. The topological polar surface area (TPSA) is 62.2 Å². The van der Waals surface area contributed by atoms with Crippen LogP contribution in [0.2, 0.25) is 0 Å². The highest BCUT2D eigenvalue weighted by Crippen LogP contribution is 2.23. The maximum absolute atomic E-state index is 8.25. The minimum absolute atomic E-state index is 0.378. The van der Waals surface area contributed by atoms with Gasteiger partial charge in [0.05, 0.1) is 0 Å². The molecule has 0 amide bonds. The van der Waals surface area contributed by atoms with Crippen LogP contribution in [0.3, 0.4) is 0 Å². The van der Waals surface area contributed by atoms with E-state index in [0.717, 1.165) is 12.8 Å². The Hall–Kier alpha value is -1.04. The molecule has 3 nitrogen and oxygen atoms in total. The zero-order valence-electron chi connectivity index (χ0n) is 6.58. The van der Waals surface area contributed by atoms with Crippen molar-refractivity contribution >= 4 is 5.84 Å². The first-order chi connectivity index (χ1) is 5.34. The molecule has 1 aliphatic carbocycles. The molecule has 1 fully saturated rings. The summed E-state index contributed by atoms with van der Waals surface area (Å²) in [5.41, 5.74) is 5.59. The first kappa shape index (κ1) is 8.06. The minimum atomic E-state index is 0.378. The molecule has 0 aromatic heterocycles. The van der Waals surface area contributed by atoms with Gasteiger partial charge in [0, 0.05) is 5.92 Å². The Labute approximate surface area is 66.9 Å². The van der Waals surface area contributed by atoms with Gasteiger partial charge in [-0.3, -0.25) is 0 Å². The van der Waals surface area contributed by atoms with Crippen molar-refractivity contribution in [3.8, 4) is 6.19 Å². The van der Waals surface area contributed by atoms with E-state index in [9.17, 15) is 0 Å². The fourth-order valence-corrected chi connectivity index (χ4v) is 1.55. The van der Waals surface area contributed by atoms with Gasteiger partial charge in [0.2, 0.25) is 6.19 Å². The largest absolute Gasteiger partial charge is 0.386 e. The predicted molar refractivity (Wildman–Crippen MR) is 43.8 cm³/mol. The van der Waals surface area contributed by atoms with Crippen molar-refractivity contribution in [2.24, 2.45) is 16.6 Å². The maximum atomic E-state index is 8.25. The Balaban J connectivity index is 2.46. The molecule has 1 aliphatic rings. The molecular formula is C8H13N3. The van der Waals surface area contributed by atoms with Crippen LogP contribution in [-0.4, -0.2) is 5.84 Å². The number of hydrogen-bond acceptors (Lipinski definition) is 2. The van der Waals surface area contributed by atoms with Crippen LogP contribution in [0.1, 0.15) is 32.1 Å². The van der Waals surface area contributed by atoms with Gasteiger partial charge in [-0.15, -0.1) is 0 Å². The number of hydrogen-bond donors (Lipinski definition) is 1. The van der Waals surface area contributed by atoms with E-state index >= 15 is 0 Å². The lowest BCUT2D eigenvalue weighted by molar-refractivity contribution is 0.437. The van der Waals surface area contributed by atoms with E-state index in [4.69, 9.17) is 11.0 Å². The molecule has 2 N–H and O–H groups in total. The molecule has 60 valence electrons. The highest BCUT2D eigenvalue weighted by Gasteiger charge is 2.16. The summed E-state index contributed by atoms with van der Waals surface area (Å²) >= 11 is 0. The van der Waals surface area contributed by atoms with Gasteiger partial charge in [-0.1, -0.05) is 19.3 Å². The molecule has 0 atom stereocenters. The monoisotopic (exact) mass is 151 g/mol. The molecule has 0 saturated heterocycles. The first-order valence-electron chi connectivity index (χ1n) is 4.06. The number of rotatable bonds is 1. The van der Waals surface area contributed by atoms with Crippen molar-refractivity contribution in [1.29, 1.82) is 5.26 Å². The summed E-state index contributed by atoms with van der Waals surface area (Å²) in [6.45, 7) is 0. The fraction of sp³-hybridized carbons (Fsp3) is 0.750. The van der Waals surface area contributed by atoms with Gasteiger partial charge in [-0.2, -0.15) is 10.3 Å². The Morgan fingerprint density at radius 1 is 1.36 bits per heavy atom. The molecule has 0 bridgehead atoms. The first-order valence-corrected chi connectivity index (χ1v) is 4.06. The van der Waals surface area contributed by atoms with E-state index in [2.05, 4.69) is 4.99 Å². The fourth-order valence-electron chi connectivity index (χ4n) is 1.55. The molecule has 0 aliphatic heterocycles. The van der Waals surface area contributed by atoms with Crippen LogP contribution in [0, 0.1) is 17.4 Å². The van der Waals surface area contributed by atoms with Crippen LogP contribution in [0.4, 0.5) is 0 Å². The van der Waals surface area contributed by atoms with Gasteiger partial charge in [-0.25, -0.2) is 0 Å². The molecule has 0 radical (unpaired) electrons. The second-order valence-corrected chi connectivity index (χ2v) is 2.97. The van der Waals surface area contributed by atoms with Crippen LogP contribution >= 0.6 is 0 Å². The summed E-state index contributed by atoms with van der Waals surface area (Å²) in [5, 5.41) is 8.25. The van der Waals surface area contributed by atoms with E-state index in [1.165, 1.54) is 19.3 Å². The van der Waals surface area contributed by atoms with Crippen LogP contribution in [0.15, 0.2) is 4.99 Å². The third-order valence-corrected chi connectivity index (χ3v) is 2.20. The van der Waals surface area contributed by atoms with Crippen molar-refractivity contribution in [2.45, 2.75) is 32.1 Å². The van der Waals surface area contributed by atoms with Gasteiger partial charge >= 0.3 is 0 Å². The van der Waals surface area contributed by atoms with Crippen LogP contribution in [0.5, 0.6) is 0 Å². The van der Waals surface area contributed by atoms with Gasteiger partial charge in [-0.05, 0) is 12.8 Å². The SMILES string of the molecule is N#CN=C(N)C1CCCCC1. The zero-order chi connectivity index (χ0) is 8.10. The number of nitrogens with zero attached hydrogens (tertiary/aromatic N) is 2. The predicted octanol–water partition coefficient (Wildman–Crippen LogP) is 1.40. The van der Waals surface area contributed by atoms with Crippen molar-refractivity contribution < 1.29 is 0 Å². The summed E-state index contributed by atoms with van der Waals surface area (Å²) in [5.74, 6) is 0.913. The second-order valence-electron chi connectivity index (χ2n) is 2.97. The van der Waals surface area contributed by atoms with E-state index < -0.39 is 0 Å². The summed E-state index contributed by atoms with van der Waals surface area (Å²) in [4.78, 5) is 3.55. The van der Waals surface area contributed by atoms with Crippen molar-refractivity contribution in [3.05, 3.63) is 0 Å². The van der Waals surface area contributed by atoms with E-state index in [1.807, 2.05) is 0 Å². The number of nitriles is 1. The van der Waals surface area contributed by atoms with Crippen LogP contribution in [0.25, 0.3) is 0 Å². The average Bonchev–Trinajstić information content (AvgIpc) is 2.07. The smallest absolute Gasteiger partial charge is 0.207 e. The molecular weight excluding hydrogens is 138 g/mol. The van der Waals surface area contributed by atoms with Crippen molar-refractivity contribution in [2.75, 3.05) is 0 Å². The Morgan fingerprint density at radius 3 is 2.55 bits per heavy atom. The van der Waals surface area contributed by atoms with Gasteiger partial charge in [0.25, 0.3) is 0 Å². The molecule has 0 aromatic carbocycles. The highest BCUT2D eigenvalue weighted by atomic mass is 14.9. The minimum Gasteiger partial charge on any atom is -0.386 e. The summed E-state index contributed by atoms with van der Waals surface area (Å²) in [6, 6.07) is 0. The second kappa shape index (κ2) is 3.97. The Kier molecular flexibility index (Phi) is 2.91. The molecule has 3 heteroatoms. The van der Waals surface area contributed by atoms with E-state index in [1.54, 1.807) is 6.19 Å². The molecule has 11 heavy (non-hydrogen) atoms. The lowest BCUT2D eigenvalue weighted by Crippen LogP contribution is -2.25. The third kappa shape index (κ3) is 2.23. The highest BCUT2D eigenvalue weighted by molar-refractivity contribution is 5.83. The quantitative estimate of drug-likeness (QED) is 0.350.